The lowest BCUT2D eigenvalue weighted by molar-refractivity contribution is 0.0724. The highest BCUT2D eigenvalue weighted by Gasteiger charge is 2.37. The molecule has 3 N–H and O–H groups in total. The van der Waals surface area contributed by atoms with E-state index >= 15 is 0 Å². The number of nitrogens with zero attached hydrogens (tertiary/aromatic N) is 5. The number of morpholine rings is 1. The predicted molar refractivity (Wildman–Crippen MR) is 134 cm³/mol. The lowest BCUT2D eigenvalue weighted by atomic mass is 10.0. The second kappa shape index (κ2) is 9.91. The van der Waals surface area contributed by atoms with Crippen LogP contribution in [0.25, 0.3) is 0 Å². The van der Waals surface area contributed by atoms with Gasteiger partial charge >= 0.3 is 0 Å². The highest BCUT2D eigenvalue weighted by atomic mass is 16.5. The molecule has 0 radical (unpaired) electrons. The zero-order valence-corrected chi connectivity index (χ0v) is 19.9. The highest BCUT2D eigenvalue weighted by molar-refractivity contribution is 5.94. The van der Waals surface area contributed by atoms with Crippen LogP contribution in [-0.4, -0.2) is 63.3 Å². The number of nitrogens with two attached hydrogens (primary N) is 1. The number of anilines is 2. The zero-order chi connectivity index (χ0) is 24.3. The molecule has 2 aromatic rings. The first-order valence-electron chi connectivity index (χ1n) is 12.0. The Balaban J connectivity index is 1.40. The van der Waals surface area contributed by atoms with E-state index in [2.05, 4.69) is 25.4 Å². The molecule has 3 heterocycles. The van der Waals surface area contributed by atoms with Gasteiger partial charge in [-0.05, 0) is 43.5 Å². The third-order valence-corrected chi connectivity index (χ3v) is 6.62. The van der Waals surface area contributed by atoms with Crippen molar-refractivity contribution in [3.8, 4) is 5.75 Å². The van der Waals surface area contributed by atoms with Crippen molar-refractivity contribution < 1.29 is 14.3 Å². The van der Waals surface area contributed by atoms with Gasteiger partial charge in [-0.3, -0.25) is 4.79 Å². The fourth-order valence-corrected chi connectivity index (χ4v) is 4.70. The average Bonchev–Trinajstić information content (AvgIpc) is 3.30. The van der Waals surface area contributed by atoms with Crippen molar-refractivity contribution in [3.05, 3.63) is 53.6 Å². The first-order valence-corrected chi connectivity index (χ1v) is 12.0. The number of ether oxygens (including phenoxy) is 2. The minimum Gasteiger partial charge on any atom is -0.495 e. The Morgan fingerprint density at radius 2 is 1.80 bits per heavy atom. The Hall–Kier alpha value is -3.66. The molecular weight excluding hydrogens is 446 g/mol. The van der Waals surface area contributed by atoms with Crippen LogP contribution in [0.2, 0.25) is 0 Å². The Kier molecular flexibility index (Phi) is 6.54. The van der Waals surface area contributed by atoms with E-state index < -0.39 is 5.79 Å². The highest BCUT2D eigenvalue weighted by Crippen LogP contribution is 2.38. The third kappa shape index (κ3) is 4.79. The third-order valence-electron chi connectivity index (χ3n) is 6.62. The van der Waals surface area contributed by atoms with Gasteiger partial charge in [0, 0.05) is 49.1 Å². The molecule has 0 aromatic heterocycles. The second-order valence-corrected chi connectivity index (χ2v) is 8.88. The molecule has 10 heteroatoms. The smallest absolute Gasteiger partial charge is 0.274 e. The van der Waals surface area contributed by atoms with E-state index in [0.717, 1.165) is 50.3 Å². The van der Waals surface area contributed by atoms with Crippen LogP contribution < -0.4 is 20.7 Å². The van der Waals surface area contributed by atoms with Gasteiger partial charge in [-0.25, -0.2) is 0 Å². The predicted octanol–water partition coefficient (Wildman–Crippen LogP) is 3.16. The van der Waals surface area contributed by atoms with E-state index in [0.29, 0.717) is 30.2 Å². The number of likely N-dealkylation sites (tertiary alicyclic amines) is 1. The first-order chi connectivity index (χ1) is 17.1. The van der Waals surface area contributed by atoms with E-state index in [4.69, 9.17) is 15.2 Å². The summed E-state index contributed by atoms with van der Waals surface area (Å²) in [5.41, 5.74) is 9.03. The largest absolute Gasteiger partial charge is 0.495 e. The molecule has 184 valence electrons. The molecule has 0 spiro atoms. The number of amides is 1. The molecule has 1 unspecified atom stereocenters. The fraction of sp³-hybridized carbons (Fsp3) is 0.440. The standard InChI is InChI=1S/C25H31N7O3/c1-34-22-17-20(31-13-15-35-16-14-31)9-10-21(22)27-25(28-24(26)29-30-25)19-7-5-18(6-8-19)23(33)32-11-3-2-4-12-32/h5-10,17,27H,2-4,11-16H2,1H3,(H2,26,28). The number of hydrogen-bond donors (Lipinski definition) is 2. The molecule has 3 aliphatic heterocycles. The fourth-order valence-electron chi connectivity index (χ4n) is 4.70. The Morgan fingerprint density at radius 3 is 2.46 bits per heavy atom. The molecule has 2 fully saturated rings. The summed E-state index contributed by atoms with van der Waals surface area (Å²) in [5, 5.41) is 11.7. The van der Waals surface area contributed by atoms with Crippen LogP contribution in [0.15, 0.2) is 57.7 Å². The number of aliphatic imine (C=N–C) groups is 1. The van der Waals surface area contributed by atoms with Gasteiger partial charge in [0.25, 0.3) is 11.7 Å². The maximum Gasteiger partial charge on any atom is 0.274 e. The monoisotopic (exact) mass is 477 g/mol. The van der Waals surface area contributed by atoms with Crippen molar-refractivity contribution in [2.24, 2.45) is 21.0 Å². The van der Waals surface area contributed by atoms with Crippen LogP contribution in [0, 0.1) is 0 Å². The molecule has 0 saturated carbocycles. The minimum atomic E-state index is -1.25. The summed E-state index contributed by atoms with van der Waals surface area (Å²) >= 11 is 0. The zero-order valence-electron chi connectivity index (χ0n) is 19.9. The van der Waals surface area contributed by atoms with Crippen LogP contribution in [0.4, 0.5) is 11.4 Å². The van der Waals surface area contributed by atoms with Gasteiger partial charge in [0.05, 0.1) is 26.0 Å². The van der Waals surface area contributed by atoms with Crippen molar-refractivity contribution in [1.29, 1.82) is 0 Å². The van der Waals surface area contributed by atoms with E-state index in [1.54, 1.807) is 7.11 Å². The molecule has 1 atom stereocenters. The molecule has 0 aliphatic carbocycles. The summed E-state index contributed by atoms with van der Waals surface area (Å²) in [7, 11) is 1.63. The maximum atomic E-state index is 12.9. The molecule has 1 amide bonds. The average molecular weight is 478 g/mol. The van der Waals surface area contributed by atoms with Gasteiger partial charge in [-0.2, -0.15) is 4.99 Å². The summed E-state index contributed by atoms with van der Waals surface area (Å²) in [4.78, 5) is 21.6. The van der Waals surface area contributed by atoms with Crippen LogP contribution in [0.5, 0.6) is 5.75 Å². The number of hydrogen-bond acceptors (Lipinski definition) is 9. The van der Waals surface area contributed by atoms with Crippen molar-refractivity contribution in [1.82, 2.24) is 4.90 Å². The van der Waals surface area contributed by atoms with Crippen molar-refractivity contribution in [2.75, 3.05) is 56.7 Å². The molecule has 2 saturated heterocycles. The number of guanidine groups is 1. The molecule has 2 aromatic carbocycles. The number of piperidine rings is 1. The molecule has 0 bridgehead atoms. The van der Waals surface area contributed by atoms with Crippen LogP contribution in [0.3, 0.4) is 0 Å². The Morgan fingerprint density at radius 1 is 1.06 bits per heavy atom. The van der Waals surface area contributed by atoms with E-state index in [1.807, 2.05) is 47.4 Å². The quantitative estimate of drug-likeness (QED) is 0.660. The summed E-state index contributed by atoms with van der Waals surface area (Å²) in [6.07, 6.45) is 3.28. The van der Waals surface area contributed by atoms with Crippen molar-refractivity contribution in [2.45, 2.75) is 25.0 Å². The Labute approximate surface area is 204 Å². The molecule has 3 aliphatic rings. The number of benzene rings is 2. The van der Waals surface area contributed by atoms with E-state index in [1.165, 1.54) is 6.42 Å². The lowest BCUT2D eigenvalue weighted by Gasteiger charge is -2.30. The van der Waals surface area contributed by atoms with Crippen molar-refractivity contribution in [3.63, 3.8) is 0 Å². The molecular formula is C25H31N7O3. The van der Waals surface area contributed by atoms with Gasteiger partial charge in [0.1, 0.15) is 5.75 Å². The SMILES string of the molecule is COc1cc(N2CCOCC2)ccc1NC1(c2ccc(C(=O)N3CCCCC3)cc2)N=NC(N)=N1. The molecule has 35 heavy (non-hydrogen) atoms. The van der Waals surface area contributed by atoms with E-state index in [9.17, 15) is 4.79 Å². The number of rotatable bonds is 6. The van der Waals surface area contributed by atoms with Gasteiger partial charge in [0.2, 0.25) is 5.96 Å². The maximum absolute atomic E-state index is 12.9. The number of carbonyl (C=O) groups excluding carboxylic acids is 1. The number of nitrogens with one attached hydrogen (secondary N) is 1. The van der Waals surface area contributed by atoms with Gasteiger partial charge in [0.15, 0.2) is 0 Å². The topological polar surface area (TPSA) is 117 Å². The van der Waals surface area contributed by atoms with Crippen LogP contribution >= 0.6 is 0 Å². The number of azo groups is 1. The summed E-state index contributed by atoms with van der Waals surface area (Å²) in [6.45, 7) is 4.68. The number of carbonyl (C=O) groups is 1. The second-order valence-electron chi connectivity index (χ2n) is 8.88. The molecule has 10 nitrogen and oxygen atoms in total. The normalized spacial score (nSPS) is 22.1. The Bertz CT molecular complexity index is 1120. The summed E-state index contributed by atoms with van der Waals surface area (Å²) < 4.78 is 11.2. The van der Waals surface area contributed by atoms with Crippen LogP contribution in [-0.2, 0) is 10.5 Å². The van der Waals surface area contributed by atoms with Gasteiger partial charge in [-0.15, -0.1) is 10.2 Å². The lowest BCUT2D eigenvalue weighted by Crippen LogP contribution is -2.36. The first kappa shape index (κ1) is 23.1. The van der Waals surface area contributed by atoms with Gasteiger partial charge < -0.3 is 30.3 Å². The number of methoxy groups -OCH3 is 1. The minimum absolute atomic E-state index is 0.0506. The van der Waals surface area contributed by atoms with Crippen molar-refractivity contribution >= 4 is 23.2 Å². The van der Waals surface area contributed by atoms with E-state index in [-0.39, 0.29) is 11.9 Å². The van der Waals surface area contributed by atoms with Crippen LogP contribution in [0.1, 0.15) is 35.2 Å². The van der Waals surface area contributed by atoms with Gasteiger partial charge in [-0.1, -0.05) is 12.1 Å². The molecule has 5 rings (SSSR count). The summed E-state index contributed by atoms with van der Waals surface area (Å²) in [5.74, 6) is -0.462. The summed E-state index contributed by atoms with van der Waals surface area (Å²) in [6, 6.07) is 13.3.